The largest absolute Gasteiger partial charge is 0.298 e. The van der Waals surface area contributed by atoms with Gasteiger partial charge in [-0.3, -0.25) is 4.79 Å². The molecule has 0 amide bonds. The number of hydrogen-bond donors (Lipinski definition) is 0. The Labute approximate surface area is 110 Å². The molecule has 3 rings (SSSR count). The summed E-state index contributed by atoms with van der Waals surface area (Å²) in [6.45, 7) is 0. The Morgan fingerprint density at radius 1 is 0.842 bits per heavy atom. The van der Waals surface area contributed by atoms with E-state index in [2.05, 4.69) is 0 Å². The highest BCUT2D eigenvalue weighted by atomic mass is 19.1. The van der Waals surface area contributed by atoms with Gasteiger partial charge in [-0.15, -0.1) is 0 Å². The Balaban J connectivity index is 2.27. The van der Waals surface area contributed by atoms with Crippen molar-refractivity contribution in [1.29, 1.82) is 0 Å². The lowest BCUT2D eigenvalue weighted by Gasteiger charge is -2.08. The van der Waals surface area contributed by atoms with Gasteiger partial charge in [0.25, 0.3) is 0 Å². The molecule has 0 aliphatic heterocycles. The molecule has 0 heterocycles. The number of fused-ring (bicyclic) bond motifs is 1. The van der Waals surface area contributed by atoms with Crippen molar-refractivity contribution in [2.45, 2.75) is 0 Å². The number of benzene rings is 3. The molecule has 0 radical (unpaired) electrons. The number of carbonyl (C=O) groups excluding carboxylic acids is 1. The fourth-order valence-electron chi connectivity index (χ4n) is 2.28. The maximum absolute atomic E-state index is 14.1. The average Bonchev–Trinajstić information content (AvgIpc) is 2.46. The van der Waals surface area contributed by atoms with Crippen LogP contribution in [-0.2, 0) is 0 Å². The summed E-state index contributed by atoms with van der Waals surface area (Å²) in [5, 5.41) is 2.07. The zero-order valence-corrected chi connectivity index (χ0v) is 10.1. The molecule has 0 spiro atoms. The van der Waals surface area contributed by atoms with Crippen LogP contribution < -0.4 is 0 Å². The van der Waals surface area contributed by atoms with E-state index in [1.54, 1.807) is 12.1 Å². The van der Waals surface area contributed by atoms with Crippen LogP contribution in [0.2, 0.25) is 0 Å². The predicted octanol–water partition coefficient (Wildman–Crippen LogP) is 4.46. The molecule has 0 saturated carbocycles. The second kappa shape index (κ2) is 4.65. The van der Waals surface area contributed by atoms with Crippen LogP contribution in [0.3, 0.4) is 0 Å². The summed E-state index contributed by atoms with van der Waals surface area (Å²) in [5.41, 5.74) is 1.71. The Morgan fingerprint density at radius 3 is 2.42 bits per heavy atom. The number of rotatable bonds is 2. The number of carbonyl (C=O) groups is 1. The van der Waals surface area contributed by atoms with Crippen molar-refractivity contribution in [1.82, 2.24) is 0 Å². The first kappa shape index (κ1) is 11.6. The monoisotopic (exact) mass is 250 g/mol. The van der Waals surface area contributed by atoms with Crippen molar-refractivity contribution in [2.75, 3.05) is 0 Å². The minimum absolute atomic E-state index is 0.349. The molecular formula is C17H11FO. The molecule has 3 aromatic carbocycles. The van der Waals surface area contributed by atoms with E-state index in [0.29, 0.717) is 17.4 Å². The molecule has 0 saturated heterocycles. The minimum atomic E-state index is -0.374. The van der Waals surface area contributed by atoms with Gasteiger partial charge in [-0.2, -0.15) is 0 Å². The van der Waals surface area contributed by atoms with Crippen LogP contribution in [0.5, 0.6) is 0 Å². The molecule has 0 aromatic heterocycles. The van der Waals surface area contributed by atoms with Gasteiger partial charge in [-0.05, 0) is 22.4 Å². The lowest BCUT2D eigenvalue weighted by Crippen LogP contribution is -1.89. The van der Waals surface area contributed by atoms with Crippen molar-refractivity contribution in [3.63, 3.8) is 0 Å². The van der Waals surface area contributed by atoms with Crippen LogP contribution in [0.4, 0.5) is 4.39 Å². The van der Waals surface area contributed by atoms with Crippen molar-refractivity contribution in [3.8, 4) is 11.1 Å². The standard InChI is InChI=1S/C17H11FO/c18-17-10-12(11-19)8-9-16(17)15-7-3-5-13-4-1-2-6-14(13)15/h1-11H. The first-order valence-corrected chi connectivity index (χ1v) is 6.02. The maximum atomic E-state index is 14.1. The molecule has 0 aliphatic carbocycles. The fourth-order valence-corrected chi connectivity index (χ4v) is 2.28. The molecule has 0 unspecified atom stereocenters. The second-order valence-electron chi connectivity index (χ2n) is 4.38. The Morgan fingerprint density at radius 2 is 1.63 bits per heavy atom. The first-order valence-electron chi connectivity index (χ1n) is 6.02. The van der Waals surface area contributed by atoms with Crippen LogP contribution in [0.25, 0.3) is 21.9 Å². The van der Waals surface area contributed by atoms with Gasteiger partial charge in [0.05, 0.1) is 0 Å². The zero-order chi connectivity index (χ0) is 13.2. The van der Waals surface area contributed by atoms with Gasteiger partial charge in [0.15, 0.2) is 0 Å². The number of hydrogen-bond acceptors (Lipinski definition) is 1. The van der Waals surface area contributed by atoms with Gasteiger partial charge >= 0.3 is 0 Å². The molecule has 3 aromatic rings. The van der Waals surface area contributed by atoms with E-state index in [1.165, 1.54) is 6.07 Å². The molecule has 0 aliphatic rings. The normalized spacial score (nSPS) is 10.6. The van der Waals surface area contributed by atoms with E-state index in [0.717, 1.165) is 16.3 Å². The first-order chi connectivity index (χ1) is 9.29. The molecular weight excluding hydrogens is 239 g/mol. The highest BCUT2D eigenvalue weighted by Gasteiger charge is 2.08. The highest BCUT2D eigenvalue weighted by molar-refractivity contribution is 5.97. The molecule has 0 fully saturated rings. The van der Waals surface area contributed by atoms with Crippen LogP contribution >= 0.6 is 0 Å². The summed E-state index contributed by atoms with van der Waals surface area (Å²) in [5.74, 6) is -0.374. The summed E-state index contributed by atoms with van der Waals surface area (Å²) in [6, 6.07) is 18.2. The van der Waals surface area contributed by atoms with Gasteiger partial charge in [0.1, 0.15) is 12.1 Å². The van der Waals surface area contributed by atoms with Crippen molar-refractivity contribution in [2.24, 2.45) is 0 Å². The van der Waals surface area contributed by atoms with E-state index >= 15 is 0 Å². The second-order valence-corrected chi connectivity index (χ2v) is 4.38. The quantitative estimate of drug-likeness (QED) is 0.614. The van der Waals surface area contributed by atoms with E-state index in [1.807, 2.05) is 42.5 Å². The number of aldehydes is 1. The van der Waals surface area contributed by atoms with E-state index in [9.17, 15) is 9.18 Å². The van der Waals surface area contributed by atoms with E-state index in [4.69, 9.17) is 0 Å². The van der Waals surface area contributed by atoms with E-state index < -0.39 is 0 Å². The molecule has 92 valence electrons. The molecule has 19 heavy (non-hydrogen) atoms. The smallest absolute Gasteiger partial charge is 0.150 e. The van der Waals surface area contributed by atoms with Gasteiger partial charge < -0.3 is 0 Å². The lowest BCUT2D eigenvalue weighted by atomic mass is 9.97. The third-order valence-corrected chi connectivity index (χ3v) is 3.21. The summed E-state index contributed by atoms with van der Waals surface area (Å²) in [4.78, 5) is 10.7. The minimum Gasteiger partial charge on any atom is -0.298 e. The van der Waals surface area contributed by atoms with Crippen LogP contribution in [0.1, 0.15) is 10.4 Å². The highest BCUT2D eigenvalue weighted by Crippen LogP contribution is 2.30. The SMILES string of the molecule is O=Cc1ccc(-c2cccc3ccccc23)c(F)c1. The Kier molecular flexibility index (Phi) is 2.84. The summed E-state index contributed by atoms with van der Waals surface area (Å²) in [6.07, 6.45) is 0.649. The number of halogens is 1. The summed E-state index contributed by atoms with van der Waals surface area (Å²) in [7, 11) is 0. The maximum Gasteiger partial charge on any atom is 0.150 e. The average molecular weight is 250 g/mol. The summed E-state index contributed by atoms with van der Waals surface area (Å²) >= 11 is 0. The molecule has 0 N–H and O–H groups in total. The molecule has 2 heteroatoms. The lowest BCUT2D eigenvalue weighted by molar-refractivity contribution is 0.112. The van der Waals surface area contributed by atoms with E-state index in [-0.39, 0.29) is 5.82 Å². The van der Waals surface area contributed by atoms with Gasteiger partial charge in [0, 0.05) is 11.1 Å². The Bertz CT molecular complexity index is 757. The third-order valence-electron chi connectivity index (χ3n) is 3.21. The fraction of sp³-hybridized carbons (Fsp3) is 0. The topological polar surface area (TPSA) is 17.1 Å². The van der Waals surface area contributed by atoms with Gasteiger partial charge in [-0.1, -0.05) is 54.6 Å². The summed E-state index contributed by atoms with van der Waals surface area (Å²) < 4.78 is 14.1. The van der Waals surface area contributed by atoms with Crippen molar-refractivity contribution in [3.05, 3.63) is 72.0 Å². The van der Waals surface area contributed by atoms with Crippen LogP contribution in [0, 0.1) is 5.82 Å². The van der Waals surface area contributed by atoms with Gasteiger partial charge in [-0.25, -0.2) is 4.39 Å². The van der Waals surface area contributed by atoms with Crippen molar-refractivity contribution >= 4 is 17.1 Å². The van der Waals surface area contributed by atoms with Gasteiger partial charge in [0.2, 0.25) is 0 Å². The molecule has 0 atom stereocenters. The van der Waals surface area contributed by atoms with Crippen LogP contribution in [-0.4, -0.2) is 6.29 Å². The van der Waals surface area contributed by atoms with Crippen molar-refractivity contribution < 1.29 is 9.18 Å². The predicted molar refractivity (Wildman–Crippen MR) is 74.7 cm³/mol. The Hall–Kier alpha value is -2.48. The van der Waals surface area contributed by atoms with Crippen LogP contribution in [0.15, 0.2) is 60.7 Å². The molecule has 1 nitrogen and oxygen atoms in total. The zero-order valence-electron chi connectivity index (χ0n) is 10.1. The molecule has 0 bridgehead atoms. The third kappa shape index (κ3) is 2.02.